The second-order valence-corrected chi connectivity index (χ2v) is 8.18. The van der Waals surface area contributed by atoms with Gasteiger partial charge in [-0.1, -0.05) is 43.3 Å². The Balaban J connectivity index is 1.64. The monoisotopic (exact) mass is 408 g/mol. The zero-order valence-electron chi connectivity index (χ0n) is 17.7. The molecular weight excluding hydrogens is 380 g/mol. The van der Waals surface area contributed by atoms with Crippen LogP contribution in [0.15, 0.2) is 48.5 Å². The van der Waals surface area contributed by atoms with E-state index in [0.717, 1.165) is 22.4 Å². The third-order valence-electron chi connectivity index (χ3n) is 6.58. The Kier molecular flexibility index (Phi) is 5.28. The molecule has 2 aliphatic rings. The predicted octanol–water partition coefficient (Wildman–Crippen LogP) is 2.66. The lowest BCUT2D eigenvalue weighted by Gasteiger charge is -2.70. The van der Waals surface area contributed by atoms with E-state index in [-0.39, 0.29) is 30.4 Å². The number of rotatable bonds is 5. The number of benzene rings is 2. The van der Waals surface area contributed by atoms with Gasteiger partial charge in [0, 0.05) is 32.4 Å². The van der Waals surface area contributed by atoms with E-state index in [2.05, 4.69) is 24.3 Å². The van der Waals surface area contributed by atoms with Crippen LogP contribution in [0.5, 0.6) is 5.75 Å². The highest BCUT2D eigenvalue weighted by atomic mass is 16.5. The summed E-state index contributed by atoms with van der Waals surface area (Å²) < 4.78 is 5.32. The first kappa shape index (κ1) is 20.4. The molecule has 2 fully saturated rings. The molecule has 2 amide bonds. The van der Waals surface area contributed by atoms with Gasteiger partial charge in [-0.3, -0.25) is 9.59 Å². The second-order valence-electron chi connectivity index (χ2n) is 8.18. The molecule has 0 aliphatic carbocycles. The topological polar surface area (TPSA) is 70.1 Å². The van der Waals surface area contributed by atoms with Crippen molar-refractivity contribution in [2.24, 2.45) is 0 Å². The fourth-order valence-corrected chi connectivity index (χ4v) is 5.10. The number of aliphatic hydroxyl groups is 1. The van der Waals surface area contributed by atoms with Gasteiger partial charge in [-0.15, -0.1) is 0 Å². The van der Waals surface area contributed by atoms with Gasteiger partial charge < -0.3 is 19.6 Å². The number of hydrogen-bond donors (Lipinski definition) is 1. The van der Waals surface area contributed by atoms with Crippen LogP contribution in [-0.4, -0.2) is 65.1 Å². The maximum absolute atomic E-state index is 12.6. The molecule has 2 saturated heterocycles. The second kappa shape index (κ2) is 7.76. The third kappa shape index (κ3) is 3.06. The number of carbonyl (C=O) groups is 2. The van der Waals surface area contributed by atoms with Crippen molar-refractivity contribution in [3.05, 3.63) is 54.1 Å². The fraction of sp³-hybridized carbons (Fsp3) is 0.417. The van der Waals surface area contributed by atoms with Crippen molar-refractivity contribution < 1.29 is 19.4 Å². The number of ether oxygens (including phenoxy) is 1. The lowest BCUT2D eigenvalue weighted by Crippen LogP contribution is -2.85. The van der Waals surface area contributed by atoms with E-state index in [1.807, 2.05) is 36.1 Å². The van der Waals surface area contributed by atoms with E-state index in [1.54, 1.807) is 18.9 Å². The van der Waals surface area contributed by atoms with Crippen LogP contribution in [0.1, 0.15) is 31.7 Å². The summed E-state index contributed by atoms with van der Waals surface area (Å²) in [7, 11) is 1.65. The lowest BCUT2D eigenvalue weighted by atomic mass is 9.60. The summed E-state index contributed by atoms with van der Waals surface area (Å²) in [6.45, 7) is 4.34. The molecule has 0 unspecified atom stereocenters. The van der Waals surface area contributed by atoms with Crippen molar-refractivity contribution in [1.29, 1.82) is 0 Å². The summed E-state index contributed by atoms with van der Waals surface area (Å²) in [6, 6.07) is 15.9. The van der Waals surface area contributed by atoms with E-state index in [0.29, 0.717) is 19.5 Å². The normalized spacial score (nSPS) is 21.7. The molecule has 0 aromatic heterocycles. The molecule has 1 N–H and O–H groups in total. The van der Waals surface area contributed by atoms with Crippen molar-refractivity contribution in [3.8, 4) is 16.9 Å². The lowest BCUT2D eigenvalue weighted by molar-refractivity contribution is -0.202. The molecule has 1 spiro atoms. The first-order chi connectivity index (χ1) is 14.4. The molecule has 2 heterocycles. The van der Waals surface area contributed by atoms with Crippen LogP contribution in [0.4, 0.5) is 0 Å². The minimum Gasteiger partial charge on any atom is -0.497 e. The molecule has 2 aromatic carbocycles. The van der Waals surface area contributed by atoms with Gasteiger partial charge in [0.2, 0.25) is 11.8 Å². The van der Waals surface area contributed by atoms with Gasteiger partial charge in [0.1, 0.15) is 5.75 Å². The number of likely N-dealkylation sites (tertiary alicyclic amines) is 2. The number of amides is 2. The smallest absolute Gasteiger partial charge is 0.223 e. The zero-order valence-corrected chi connectivity index (χ0v) is 17.7. The van der Waals surface area contributed by atoms with Crippen molar-refractivity contribution in [2.75, 3.05) is 26.8 Å². The van der Waals surface area contributed by atoms with Crippen molar-refractivity contribution in [3.63, 3.8) is 0 Å². The summed E-state index contributed by atoms with van der Waals surface area (Å²) in [4.78, 5) is 28.0. The number of aliphatic hydroxyl groups excluding tert-OH is 1. The number of carbonyl (C=O) groups excluding carboxylic acids is 2. The maximum atomic E-state index is 12.6. The number of methoxy groups -OCH3 is 1. The van der Waals surface area contributed by atoms with Crippen molar-refractivity contribution in [2.45, 2.75) is 37.8 Å². The van der Waals surface area contributed by atoms with E-state index in [9.17, 15) is 14.7 Å². The SMILES string of the molecule is CCC(=O)N1[C@@H](CO)[C@@H](c2ccc(-c3cccc(OC)c3)cc2)C12CN(C(C)=O)C2. The number of hydrogen-bond acceptors (Lipinski definition) is 4. The molecule has 6 heteroatoms. The van der Waals surface area contributed by atoms with Gasteiger partial charge in [0.25, 0.3) is 0 Å². The van der Waals surface area contributed by atoms with Gasteiger partial charge in [0.15, 0.2) is 0 Å². The van der Waals surface area contributed by atoms with Gasteiger partial charge in [0.05, 0.1) is 25.3 Å². The predicted molar refractivity (Wildman–Crippen MR) is 114 cm³/mol. The third-order valence-corrected chi connectivity index (χ3v) is 6.58. The van der Waals surface area contributed by atoms with Crippen LogP contribution in [-0.2, 0) is 9.59 Å². The molecule has 6 nitrogen and oxygen atoms in total. The average Bonchev–Trinajstić information content (AvgIpc) is 2.72. The molecule has 2 atom stereocenters. The largest absolute Gasteiger partial charge is 0.497 e. The highest BCUT2D eigenvalue weighted by Crippen LogP contribution is 2.54. The van der Waals surface area contributed by atoms with Crippen LogP contribution >= 0.6 is 0 Å². The molecule has 0 saturated carbocycles. The molecular formula is C24H28N2O4. The Morgan fingerprint density at radius 2 is 1.83 bits per heavy atom. The van der Waals surface area contributed by atoms with E-state index in [4.69, 9.17) is 4.74 Å². The molecule has 0 bridgehead atoms. The first-order valence-electron chi connectivity index (χ1n) is 10.4. The van der Waals surface area contributed by atoms with E-state index < -0.39 is 5.54 Å². The highest BCUT2D eigenvalue weighted by Gasteiger charge is 2.67. The Morgan fingerprint density at radius 3 is 2.40 bits per heavy atom. The average molecular weight is 408 g/mol. The minimum atomic E-state index is -0.413. The summed E-state index contributed by atoms with van der Waals surface area (Å²) in [5.74, 6) is 0.862. The zero-order chi connectivity index (χ0) is 21.5. The first-order valence-corrected chi connectivity index (χ1v) is 10.4. The van der Waals surface area contributed by atoms with Crippen molar-refractivity contribution in [1.82, 2.24) is 9.80 Å². The molecule has 4 rings (SSSR count). The quantitative estimate of drug-likeness (QED) is 0.826. The van der Waals surface area contributed by atoms with Crippen LogP contribution in [0.3, 0.4) is 0 Å². The van der Waals surface area contributed by atoms with E-state index in [1.165, 1.54) is 0 Å². The summed E-state index contributed by atoms with van der Waals surface area (Å²) >= 11 is 0. The van der Waals surface area contributed by atoms with Crippen LogP contribution in [0.2, 0.25) is 0 Å². The fourth-order valence-electron chi connectivity index (χ4n) is 5.10. The Bertz CT molecular complexity index is 950. The number of nitrogens with zero attached hydrogens (tertiary/aromatic N) is 2. The molecule has 2 aromatic rings. The minimum absolute atomic E-state index is 0.00737. The summed E-state index contributed by atoms with van der Waals surface area (Å²) in [5.41, 5.74) is 2.82. The summed E-state index contributed by atoms with van der Waals surface area (Å²) in [5, 5.41) is 10.1. The van der Waals surface area contributed by atoms with Crippen LogP contribution in [0, 0.1) is 0 Å². The molecule has 0 radical (unpaired) electrons. The van der Waals surface area contributed by atoms with Gasteiger partial charge >= 0.3 is 0 Å². The van der Waals surface area contributed by atoms with Crippen LogP contribution < -0.4 is 4.74 Å². The Labute approximate surface area is 177 Å². The molecule has 30 heavy (non-hydrogen) atoms. The maximum Gasteiger partial charge on any atom is 0.223 e. The highest BCUT2D eigenvalue weighted by molar-refractivity contribution is 5.82. The van der Waals surface area contributed by atoms with Gasteiger partial charge in [-0.2, -0.15) is 0 Å². The van der Waals surface area contributed by atoms with Gasteiger partial charge in [-0.25, -0.2) is 0 Å². The van der Waals surface area contributed by atoms with E-state index >= 15 is 0 Å². The van der Waals surface area contributed by atoms with Crippen LogP contribution in [0.25, 0.3) is 11.1 Å². The standard InChI is InChI=1S/C24H28N2O4/c1-4-22(29)26-21(13-27)23(24(26)14-25(15-24)16(2)28)18-10-8-17(9-11-18)19-6-5-7-20(12-19)30-3/h5-12,21,23,27H,4,13-15H2,1-3H3/t21-,23+/m0/s1. The Morgan fingerprint density at radius 1 is 1.13 bits per heavy atom. The molecule has 158 valence electrons. The summed E-state index contributed by atoms with van der Waals surface area (Å²) in [6.07, 6.45) is 0.389. The molecule has 2 aliphatic heterocycles. The van der Waals surface area contributed by atoms with Gasteiger partial charge in [-0.05, 0) is 28.8 Å². The Hall–Kier alpha value is -2.86. The van der Waals surface area contributed by atoms with Crippen molar-refractivity contribution >= 4 is 11.8 Å².